The molecule has 98 valence electrons. The van der Waals surface area contributed by atoms with Crippen LogP contribution < -0.4 is 5.32 Å². The Hall–Kier alpha value is -1.61. The van der Waals surface area contributed by atoms with E-state index >= 15 is 0 Å². The second-order valence-corrected chi connectivity index (χ2v) is 5.25. The highest BCUT2D eigenvalue weighted by Crippen LogP contribution is 2.15. The number of rotatable bonds is 6. The molecule has 0 amide bonds. The standard InChI is InChI=1S/C16H16BrNO/c17-15-7-5-13(6-8-15)9-11-18-16-4-2-1-3-14(16)10-12-19/h1-8,12,18H,9-11H2. The lowest BCUT2D eigenvalue weighted by atomic mass is 10.1. The number of anilines is 1. The Morgan fingerprint density at radius 1 is 1.05 bits per heavy atom. The van der Waals surface area contributed by atoms with Crippen molar-refractivity contribution >= 4 is 27.9 Å². The van der Waals surface area contributed by atoms with Gasteiger partial charge < -0.3 is 10.1 Å². The highest BCUT2D eigenvalue weighted by molar-refractivity contribution is 9.10. The molecule has 3 heteroatoms. The van der Waals surface area contributed by atoms with Crippen LogP contribution in [0.4, 0.5) is 5.69 Å². The number of carbonyl (C=O) groups excluding carboxylic acids is 1. The van der Waals surface area contributed by atoms with Crippen LogP contribution in [0.25, 0.3) is 0 Å². The lowest BCUT2D eigenvalue weighted by molar-refractivity contribution is -0.107. The molecule has 0 fully saturated rings. The van der Waals surface area contributed by atoms with Gasteiger partial charge in [-0.3, -0.25) is 0 Å². The van der Waals surface area contributed by atoms with Crippen LogP contribution in [0.3, 0.4) is 0 Å². The molecule has 0 saturated carbocycles. The number of hydrogen-bond donors (Lipinski definition) is 1. The van der Waals surface area contributed by atoms with E-state index < -0.39 is 0 Å². The molecule has 0 aliphatic heterocycles. The van der Waals surface area contributed by atoms with E-state index in [1.165, 1.54) is 5.56 Å². The van der Waals surface area contributed by atoms with Crippen LogP contribution in [-0.4, -0.2) is 12.8 Å². The minimum atomic E-state index is 0.460. The first kappa shape index (κ1) is 13.8. The van der Waals surface area contributed by atoms with Gasteiger partial charge in [-0.05, 0) is 35.7 Å². The normalized spacial score (nSPS) is 10.2. The molecule has 2 rings (SSSR count). The summed E-state index contributed by atoms with van der Waals surface area (Å²) in [6.07, 6.45) is 2.36. The molecular formula is C16H16BrNO. The van der Waals surface area contributed by atoms with Gasteiger partial charge in [-0.2, -0.15) is 0 Å². The number of hydrogen-bond acceptors (Lipinski definition) is 2. The minimum Gasteiger partial charge on any atom is -0.384 e. The molecule has 0 saturated heterocycles. The van der Waals surface area contributed by atoms with Crippen LogP contribution in [0.5, 0.6) is 0 Å². The average Bonchev–Trinajstić information content (AvgIpc) is 2.43. The molecule has 19 heavy (non-hydrogen) atoms. The van der Waals surface area contributed by atoms with Crippen molar-refractivity contribution in [1.29, 1.82) is 0 Å². The SMILES string of the molecule is O=CCc1ccccc1NCCc1ccc(Br)cc1. The van der Waals surface area contributed by atoms with Crippen molar-refractivity contribution < 1.29 is 4.79 Å². The maximum Gasteiger partial charge on any atom is 0.124 e. The molecule has 2 aromatic rings. The molecule has 0 aliphatic carbocycles. The molecule has 2 nitrogen and oxygen atoms in total. The summed E-state index contributed by atoms with van der Waals surface area (Å²) in [5, 5.41) is 3.39. The van der Waals surface area contributed by atoms with Crippen molar-refractivity contribution in [1.82, 2.24) is 0 Å². The third kappa shape index (κ3) is 4.21. The third-order valence-corrected chi connectivity index (χ3v) is 3.49. The van der Waals surface area contributed by atoms with E-state index in [0.717, 1.165) is 35.0 Å². The summed E-state index contributed by atoms with van der Waals surface area (Å²) in [7, 11) is 0. The number of nitrogens with one attached hydrogen (secondary N) is 1. The Bertz CT molecular complexity index is 537. The fourth-order valence-corrected chi connectivity index (χ4v) is 2.22. The first-order valence-electron chi connectivity index (χ1n) is 6.29. The zero-order valence-corrected chi connectivity index (χ0v) is 12.2. The highest BCUT2D eigenvalue weighted by Gasteiger charge is 2.00. The quantitative estimate of drug-likeness (QED) is 0.820. The maximum atomic E-state index is 10.6. The zero-order valence-electron chi connectivity index (χ0n) is 10.6. The minimum absolute atomic E-state index is 0.460. The van der Waals surface area contributed by atoms with Gasteiger partial charge in [0.05, 0.1) is 0 Å². The van der Waals surface area contributed by atoms with Gasteiger partial charge in [0.2, 0.25) is 0 Å². The van der Waals surface area contributed by atoms with Gasteiger partial charge in [0, 0.05) is 23.1 Å². The molecule has 0 unspecified atom stereocenters. The molecule has 0 aromatic heterocycles. The lowest BCUT2D eigenvalue weighted by Gasteiger charge is -2.10. The van der Waals surface area contributed by atoms with Crippen LogP contribution in [0.2, 0.25) is 0 Å². The van der Waals surface area contributed by atoms with Crippen LogP contribution in [0.1, 0.15) is 11.1 Å². The second kappa shape index (κ2) is 7.10. The Morgan fingerprint density at radius 2 is 1.79 bits per heavy atom. The maximum absolute atomic E-state index is 10.6. The molecule has 0 aliphatic rings. The summed E-state index contributed by atoms with van der Waals surface area (Å²) in [5.41, 5.74) is 3.39. The van der Waals surface area contributed by atoms with Crippen LogP contribution >= 0.6 is 15.9 Å². The Labute approximate surface area is 122 Å². The van der Waals surface area contributed by atoms with Crippen molar-refractivity contribution in [2.75, 3.05) is 11.9 Å². The summed E-state index contributed by atoms with van der Waals surface area (Å²) in [6.45, 7) is 0.859. The van der Waals surface area contributed by atoms with Crippen molar-refractivity contribution in [3.63, 3.8) is 0 Å². The van der Waals surface area contributed by atoms with Crippen LogP contribution in [0.15, 0.2) is 53.0 Å². The topological polar surface area (TPSA) is 29.1 Å². The zero-order chi connectivity index (χ0) is 13.5. The molecule has 0 spiro atoms. The van der Waals surface area contributed by atoms with Gasteiger partial charge in [0.25, 0.3) is 0 Å². The van der Waals surface area contributed by atoms with Gasteiger partial charge in [0.15, 0.2) is 0 Å². The van der Waals surface area contributed by atoms with Crippen molar-refractivity contribution in [3.05, 3.63) is 64.1 Å². The van der Waals surface area contributed by atoms with E-state index in [-0.39, 0.29) is 0 Å². The Kier molecular flexibility index (Phi) is 5.16. The molecule has 0 radical (unpaired) electrons. The number of para-hydroxylation sites is 1. The third-order valence-electron chi connectivity index (χ3n) is 2.96. The van der Waals surface area contributed by atoms with Gasteiger partial charge >= 0.3 is 0 Å². The summed E-state index contributed by atoms with van der Waals surface area (Å²) in [6, 6.07) is 16.3. The fraction of sp³-hybridized carbons (Fsp3) is 0.188. The van der Waals surface area contributed by atoms with Gasteiger partial charge in [0.1, 0.15) is 6.29 Å². The summed E-state index contributed by atoms with van der Waals surface area (Å²) < 4.78 is 1.10. The Morgan fingerprint density at radius 3 is 2.53 bits per heavy atom. The smallest absolute Gasteiger partial charge is 0.124 e. The van der Waals surface area contributed by atoms with Crippen molar-refractivity contribution in [2.24, 2.45) is 0 Å². The molecule has 0 bridgehead atoms. The van der Waals surface area contributed by atoms with E-state index in [1.54, 1.807) is 0 Å². The van der Waals surface area contributed by atoms with E-state index in [2.05, 4.69) is 45.5 Å². The highest BCUT2D eigenvalue weighted by atomic mass is 79.9. The average molecular weight is 318 g/mol. The number of aldehydes is 1. The van der Waals surface area contributed by atoms with Crippen LogP contribution in [-0.2, 0) is 17.6 Å². The van der Waals surface area contributed by atoms with Gasteiger partial charge in [-0.1, -0.05) is 46.3 Å². The lowest BCUT2D eigenvalue weighted by Crippen LogP contribution is -2.07. The van der Waals surface area contributed by atoms with Gasteiger partial charge in [-0.25, -0.2) is 0 Å². The van der Waals surface area contributed by atoms with Crippen molar-refractivity contribution in [2.45, 2.75) is 12.8 Å². The molecule has 0 atom stereocenters. The molecule has 0 heterocycles. The summed E-state index contributed by atoms with van der Waals surface area (Å²) in [4.78, 5) is 10.6. The van der Waals surface area contributed by atoms with E-state index in [1.807, 2.05) is 24.3 Å². The fourth-order valence-electron chi connectivity index (χ4n) is 1.95. The number of halogens is 1. The number of benzene rings is 2. The molecule has 1 N–H and O–H groups in total. The predicted molar refractivity (Wildman–Crippen MR) is 82.5 cm³/mol. The first-order chi connectivity index (χ1) is 9.29. The largest absolute Gasteiger partial charge is 0.384 e. The first-order valence-corrected chi connectivity index (χ1v) is 7.09. The van der Waals surface area contributed by atoms with Crippen LogP contribution in [0, 0.1) is 0 Å². The number of carbonyl (C=O) groups is 1. The monoisotopic (exact) mass is 317 g/mol. The Balaban J connectivity index is 1.92. The van der Waals surface area contributed by atoms with Gasteiger partial charge in [-0.15, -0.1) is 0 Å². The second-order valence-electron chi connectivity index (χ2n) is 4.33. The molecular weight excluding hydrogens is 302 g/mol. The summed E-state index contributed by atoms with van der Waals surface area (Å²) >= 11 is 3.43. The summed E-state index contributed by atoms with van der Waals surface area (Å²) in [5.74, 6) is 0. The molecule has 2 aromatic carbocycles. The van der Waals surface area contributed by atoms with Crippen molar-refractivity contribution in [3.8, 4) is 0 Å². The predicted octanol–water partition coefficient (Wildman–Crippen LogP) is 3.85. The van der Waals surface area contributed by atoms with E-state index in [9.17, 15) is 4.79 Å². The van der Waals surface area contributed by atoms with E-state index in [0.29, 0.717) is 6.42 Å². The van der Waals surface area contributed by atoms with E-state index in [4.69, 9.17) is 0 Å².